The number of hydrogen-bond acceptors (Lipinski definition) is 8. The second-order valence-corrected chi connectivity index (χ2v) is 16.3. The van der Waals surface area contributed by atoms with Crippen molar-refractivity contribution in [1.82, 2.24) is 10.1 Å². The zero-order valence-corrected chi connectivity index (χ0v) is 27.4. The molecule has 2 radical (unpaired) electrons. The van der Waals surface area contributed by atoms with Gasteiger partial charge in [0.05, 0.1) is 11.8 Å². The summed E-state index contributed by atoms with van der Waals surface area (Å²) in [5.74, 6) is -0.433. The molecule has 0 bridgehead atoms. The van der Waals surface area contributed by atoms with E-state index in [4.69, 9.17) is 9.47 Å². The first kappa shape index (κ1) is 32.8. The second-order valence-electron chi connectivity index (χ2n) is 14.0. The highest BCUT2D eigenvalue weighted by Gasteiger charge is 2.49. The predicted molar refractivity (Wildman–Crippen MR) is 163 cm³/mol. The minimum atomic E-state index is -0.648. The Labute approximate surface area is 257 Å². The summed E-state index contributed by atoms with van der Waals surface area (Å²) < 4.78 is 11.5. The number of rotatable bonds is 7. The van der Waals surface area contributed by atoms with Gasteiger partial charge in [0.25, 0.3) is 0 Å². The number of hydroxylamine groups is 4. The quantitative estimate of drug-likeness (QED) is 0.179. The molecule has 8 nitrogen and oxygen atoms in total. The maximum atomic E-state index is 13.1. The molecule has 2 aliphatic heterocycles. The molecule has 2 aromatic carbocycles. The Morgan fingerprint density at radius 3 is 1.24 bits per heavy atom. The van der Waals surface area contributed by atoms with E-state index in [-0.39, 0.29) is 23.8 Å². The number of carbonyl (C=O) groups excluding carboxylic acids is 2. The van der Waals surface area contributed by atoms with Crippen LogP contribution < -0.4 is 9.47 Å². The van der Waals surface area contributed by atoms with E-state index >= 15 is 0 Å². The Bertz CT molecular complexity index is 1180. The number of esters is 2. The zero-order chi connectivity index (χ0) is 31.1. The van der Waals surface area contributed by atoms with Crippen molar-refractivity contribution in [2.75, 3.05) is 0 Å². The molecule has 0 aliphatic carbocycles. The van der Waals surface area contributed by atoms with Crippen LogP contribution in [-0.4, -0.2) is 44.2 Å². The maximum absolute atomic E-state index is 13.1. The van der Waals surface area contributed by atoms with Gasteiger partial charge in [-0.1, -0.05) is 33.7 Å². The fraction of sp³-hybridized carbons (Fsp3) is 0.562. The average molecular weight is 615 g/mol. The average Bonchev–Trinajstić information content (AvgIpc) is 2.89. The molecule has 0 amide bonds. The number of piperidine rings is 2. The van der Waals surface area contributed by atoms with Crippen LogP contribution in [0.1, 0.15) is 81.1 Å². The molecule has 0 N–H and O–H groups in total. The lowest BCUT2D eigenvalue weighted by Gasteiger charge is -2.49. The lowest BCUT2D eigenvalue weighted by atomic mass is 9.75. The molecule has 10 heteroatoms. The van der Waals surface area contributed by atoms with Gasteiger partial charge >= 0.3 is 11.9 Å². The Hall–Kier alpha value is -2.08. The van der Waals surface area contributed by atoms with E-state index in [0.717, 1.165) is 19.9 Å². The molecule has 4 rings (SSSR count). The molecule has 2 heterocycles. The first-order valence-corrected chi connectivity index (χ1v) is 16.5. The highest BCUT2D eigenvalue weighted by molar-refractivity contribution is 8.76. The fourth-order valence-electron chi connectivity index (χ4n) is 6.53. The van der Waals surface area contributed by atoms with E-state index in [1.165, 1.54) is 21.6 Å². The van der Waals surface area contributed by atoms with E-state index in [0.29, 0.717) is 37.2 Å². The third-order valence-electron chi connectivity index (χ3n) is 8.13. The Morgan fingerprint density at radius 2 is 0.929 bits per heavy atom. The van der Waals surface area contributed by atoms with Crippen LogP contribution in [0.3, 0.4) is 0 Å². The van der Waals surface area contributed by atoms with Gasteiger partial charge in [0.15, 0.2) is 0 Å². The van der Waals surface area contributed by atoms with Gasteiger partial charge in [-0.05, 0) is 117 Å². The smallest absolute Gasteiger partial charge is 0.314 e. The van der Waals surface area contributed by atoms with Crippen LogP contribution in [0.15, 0.2) is 58.3 Å². The van der Waals surface area contributed by atoms with E-state index in [1.54, 1.807) is 12.1 Å². The van der Waals surface area contributed by atoms with Crippen LogP contribution in [0.2, 0.25) is 0 Å². The third-order valence-corrected chi connectivity index (χ3v) is 10.5. The van der Waals surface area contributed by atoms with E-state index in [1.807, 2.05) is 91.8 Å². The van der Waals surface area contributed by atoms with Gasteiger partial charge in [-0.15, -0.1) is 20.5 Å². The third kappa shape index (κ3) is 7.52. The van der Waals surface area contributed by atoms with Crippen molar-refractivity contribution in [3.05, 3.63) is 48.5 Å². The van der Waals surface area contributed by atoms with E-state index in [2.05, 4.69) is 0 Å². The van der Waals surface area contributed by atoms with Crippen LogP contribution in [0.25, 0.3) is 0 Å². The van der Waals surface area contributed by atoms with Crippen LogP contribution in [0, 0.1) is 11.8 Å². The minimum Gasteiger partial charge on any atom is -0.426 e. The van der Waals surface area contributed by atoms with Crippen molar-refractivity contribution in [2.24, 2.45) is 11.8 Å². The molecule has 0 spiro atoms. The first-order chi connectivity index (χ1) is 19.4. The molecule has 228 valence electrons. The molecule has 42 heavy (non-hydrogen) atoms. The van der Waals surface area contributed by atoms with Crippen LogP contribution >= 0.6 is 21.6 Å². The number of benzene rings is 2. The van der Waals surface area contributed by atoms with Gasteiger partial charge in [0.1, 0.15) is 11.5 Å². The topological polar surface area (TPSA) is 98.9 Å². The first-order valence-electron chi connectivity index (χ1n) is 14.3. The number of nitrogens with zero attached hydrogens (tertiary/aromatic N) is 2. The van der Waals surface area contributed by atoms with Gasteiger partial charge in [-0.2, -0.15) is 0 Å². The Kier molecular flexibility index (Phi) is 9.48. The highest BCUT2D eigenvalue weighted by atomic mass is 33.1. The summed E-state index contributed by atoms with van der Waals surface area (Å²) in [5.41, 5.74) is -2.59. The molecule has 2 aliphatic rings. The molecule has 0 atom stereocenters. The van der Waals surface area contributed by atoms with Crippen molar-refractivity contribution in [3.8, 4) is 11.5 Å². The summed E-state index contributed by atoms with van der Waals surface area (Å²) in [5, 5.41) is 27.5. The molecule has 0 unspecified atom stereocenters. The molecule has 0 aromatic heterocycles. The summed E-state index contributed by atoms with van der Waals surface area (Å²) in [7, 11) is 3.00. The molecule has 2 aromatic rings. The number of ether oxygens (including phenoxy) is 2. The van der Waals surface area contributed by atoms with Gasteiger partial charge < -0.3 is 9.47 Å². The number of hydrogen-bond donors (Lipinski definition) is 0. The Morgan fingerprint density at radius 1 is 0.619 bits per heavy atom. The van der Waals surface area contributed by atoms with Crippen LogP contribution in [0.5, 0.6) is 11.5 Å². The van der Waals surface area contributed by atoms with Gasteiger partial charge in [-0.3, -0.25) is 9.59 Å². The lowest BCUT2D eigenvalue weighted by Crippen LogP contribution is -2.59. The van der Waals surface area contributed by atoms with E-state index in [9.17, 15) is 20.0 Å². The van der Waals surface area contributed by atoms with Gasteiger partial charge in [0, 0.05) is 31.9 Å². The lowest BCUT2D eigenvalue weighted by molar-refractivity contribution is -0.293. The van der Waals surface area contributed by atoms with Crippen molar-refractivity contribution in [3.63, 3.8) is 0 Å². The zero-order valence-electron chi connectivity index (χ0n) is 25.8. The summed E-state index contributed by atoms with van der Waals surface area (Å²) in [6.45, 7) is 14.9. The van der Waals surface area contributed by atoms with E-state index < -0.39 is 22.2 Å². The van der Waals surface area contributed by atoms with Crippen molar-refractivity contribution < 1.29 is 29.5 Å². The molecule has 2 fully saturated rings. The van der Waals surface area contributed by atoms with Gasteiger partial charge in [-0.25, -0.2) is 0 Å². The number of carbonyl (C=O) groups is 2. The molecular weight excluding hydrogens is 572 g/mol. The van der Waals surface area contributed by atoms with Crippen molar-refractivity contribution >= 4 is 33.5 Å². The minimum absolute atomic E-state index is 0.318. The molecule has 0 saturated carbocycles. The molecule has 2 saturated heterocycles. The predicted octanol–water partition coefficient (Wildman–Crippen LogP) is 7.53. The van der Waals surface area contributed by atoms with Crippen LogP contribution in [0.4, 0.5) is 0 Å². The van der Waals surface area contributed by atoms with Crippen LogP contribution in [-0.2, 0) is 20.0 Å². The van der Waals surface area contributed by atoms with Gasteiger partial charge in [0.2, 0.25) is 0 Å². The standard InChI is InChI=1S/C32H42N2O6S2/c1-29(2)17-21(18-30(3,4)33(29)37)27(35)39-23-11-9-13-25(15-23)41-42-26-14-10-12-24(16-26)40-28(36)22-19-31(5,6)34(38)32(7,8)20-22/h9-16,21-22H,17-20H2,1-8H3. The summed E-state index contributed by atoms with van der Waals surface area (Å²) >= 11 is 0. The maximum Gasteiger partial charge on any atom is 0.314 e. The second kappa shape index (κ2) is 12.1. The van der Waals surface area contributed by atoms with Crippen molar-refractivity contribution in [2.45, 2.75) is 113 Å². The Balaban J connectivity index is 1.35. The summed E-state index contributed by atoms with van der Waals surface area (Å²) in [6.07, 6.45) is 1.77. The SMILES string of the molecule is CC1(C)CC(C(=O)Oc2cccc(SSc3cccc(OC(=O)C4CC(C)(C)N([O])C(C)(C)C4)c3)c2)CC(C)(C)N1[O]. The fourth-order valence-corrected chi connectivity index (χ4v) is 8.52. The largest absolute Gasteiger partial charge is 0.426 e. The van der Waals surface area contributed by atoms with Crippen molar-refractivity contribution in [1.29, 1.82) is 0 Å². The monoisotopic (exact) mass is 614 g/mol. The molecular formula is C32H42N2O6S2. The normalized spacial score (nSPS) is 22.4. The summed E-state index contributed by atoms with van der Waals surface area (Å²) in [6, 6.07) is 14.7. The summed E-state index contributed by atoms with van der Waals surface area (Å²) in [4.78, 5) is 27.9. The highest BCUT2D eigenvalue weighted by Crippen LogP contribution is 2.43.